The van der Waals surface area contributed by atoms with Crippen molar-refractivity contribution in [1.82, 2.24) is 9.78 Å². The van der Waals surface area contributed by atoms with Crippen molar-refractivity contribution >= 4 is 5.97 Å². The van der Waals surface area contributed by atoms with Crippen LogP contribution >= 0.6 is 0 Å². The molecule has 1 aromatic carbocycles. The Bertz CT molecular complexity index is 648. The Hall–Kier alpha value is -2.51. The molecule has 0 spiro atoms. The quantitative estimate of drug-likeness (QED) is 0.943. The van der Waals surface area contributed by atoms with E-state index in [1.165, 1.54) is 31.4 Å². The van der Waals surface area contributed by atoms with Crippen LogP contribution in [0.1, 0.15) is 10.4 Å². The number of aromatic nitrogens is 2. The summed E-state index contributed by atoms with van der Waals surface area (Å²) in [6.07, 6.45) is -3.59. The second-order valence-electron chi connectivity index (χ2n) is 4.21. The van der Waals surface area contributed by atoms with Crippen LogP contribution in [-0.4, -0.2) is 34.1 Å². The predicted octanol–water partition coefficient (Wildman–Crippen LogP) is 2.82. The van der Waals surface area contributed by atoms with Crippen LogP contribution in [0.3, 0.4) is 0 Å². The topological polar surface area (TPSA) is 64.3 Å². The normalized spacial score (nSPS) is 11.4. The van der Waals surface area contributed by atoms with Crippen molar-refractivity contribution in [2.75, 3.05) is 7.11 Å². The molecule has 0 aliphatic rings. The van der Waals surface area contributed by atoms with Gasteiger partial charge in [0.05, 0.1) is 19.0 Å². The summed E-state index contributed by atoms with van der Waals surface area (Å²) in [5.74, 6) is -0.827. The zero-order valence-electron chi connectivity index (χ0n) is 10.9. The maximum absolute atomic E-state index is 12.5. The fourth-order valence-electron chi connectivity index (χ4n) is 1.88. The van der Waals surface area contributed by atoms with Gasteiger partial charge in [0, 0.05) is 5.56 Å². The summed E-state index contributed by atoms with van der Waals surface area (Å²) in [6.45, 7) is -1.36. The molecule has 0 bridgehead atoms. The molecule has 0 atom stereocenters. The third-order valence-corrected chi connectivity index (χ3v) is 2.76. The lowest BCUT2D eigenvalue weighted by molar-refractivity contribution is -0.142. The molecule has 0 amide bonds. The van der Waals surface area contributed by atoms with Crippen molar-refractivity contribution in [2.45, 2.75) is 12.7 Å². The van der Waals surface area contributed by atoms with Crippen LogP contribution in [0.25, 0.3) is 11.3 Å². The highest BCUT2D eigenvalue weighted by molar-refractivity contribution is 5.94. The van der Waals surface area contributed by atoms with Gasteiger partial charge in [-0.2, -0.15) is 18.3 Å². The summed E-state index contributed by atoms with van der Waals surface area (Å²) < 4.78 is 43.2. The molecule has 5 nitrogen and oxygen atoms in total. The Morgan fingerprint density at radius 1 is 1.33 bits per heavy atom. The van der Waals surface area contributed by atoms with E-state index in [1.807, 2.05) is 0 Å². The number of halogens is 3. The standard InChI is InChI=1S/C13H11F3N2O3/c1-21-9-4-2-8(3-5-9)11-10(12(19)20)6-17-18(11)7-13(14,15)16/h2-6H,7H2,1H3,(H,19,20). The SMILES string of the molecule is COc1ccc(-c2c(C(=O)O)cnn2CC(F)(F)F)cc1. The van der Waals surface area contributed by atoms with Crippen LogP contribution in [0.2, 0.25) is 0 Å². The van der Waals surface area contributed by atoms with Crippen LogP contribution in [-0.2, 0) is 6.54 Å². The summed E-state index contributed by atoms with van der Waals surface area (Å²) >= 11 is 0. The average Bonchev–Trinajstić information content (AvgIpc) is 2.80. The number of hydrogen-bond donors (Lipinski definition) is 1. The number of methoxy groups -OCH3 is 1. The van der Waals surface area contributed by atoms with Gasteiger partial charge in [-0.3, -0.25) is 4.68 Å². The van der Waals surface area contributed by atoms with E-state index >= 15 is 0 Å². The monoisotopic (exact) mass is 300 g/mol. The molecule has 21 heavy (non-hydrogen) atoms. The summed E-state index contributed by atoms with van der Waals surface area (Å²) in [7, 11) is 1.45. The number of carbonyl (C=O) groups is 1. The highest BCUT2D eigenvalue weighted by atomic mass is 19.4. The minimum Gasteiger partial charge on any atom is -0.497 e. The Balaban J connectivity index is 2.52. The summed E-state index contributed by atoms with van der Waals surface area (Å²) in [4.78, 5) is 11.1. The third-order valence-electron chi connectivity index (χ3n) is 2.76. The number of hydrogen-bond acceptors (Lipinski definition) is 3. The highest BCUT2D eigenvalue weighted by Gasteiger charge is 2.31. The average molecular weight is 300 g/mol. The lowest BCUT2D eigenvalue weighted by Gasteiger charge is -2.11. The highest BCUT2D eigenvalue weighted by Crippen LogP contribution is 2.28. The molecule has 2 aromatic rings. The molecule has 2 rings (SSSR count). The summed E-state index contributed by atoms with van der Waals surface area (Å²) in [6, 6.07) is 6.03. The van der Waals surface area contributed by atoms with E-state index in [-0.39, 0.29) is 11.3 Å². The second-order valence-corrected chi connectivity index (χ2v) is 4.21. The predicted molar refractivity (Wildman–Crippen MR) is 67.2 cm³/mol. The Morgan fingerprint density at radius 3 is 2.43 bits per heavy atom. The molecule has 0 unspecified atom stereocenters. The molecule has 1 aromatic heterocycles. The van der Waals surface area contributed by atoms with Crippen molar-refractivity contribution < 1.29 is 27.8 Å². The molecule has 0 aliphatic heterocycles. The van der Waals surface area contributed by atoms with Crippen LogP contribution < -0.4 is 4.74 Å². The molecule has 0 radical (unpaired) electrons. The minimum atomic E-state index is -4.50. The van der Waals surface area contributed by atoms with Crippen molar-refractivity contribution in [3.63, 3.8) is 0 Å². The van der Waals surface area contributed by atoms with Gasteiger partial charge in [-0.1, -0.05) is 0 Å². The van der Waals surface area contributed by atoms with E-state index < -0.39 is 18.7 Å². The molecule has 0 aliphatic carbocycles. The first-order valence-corrected chi connectivity index (χ1v) is 5.82. The Kier molecular flexibility index (Phi) is 3.88. The third kappa shape index (κ3) is 3.33. The van der Waals surface area contributed by atoms with E-state index in [2.05, 4.69) is 5.10 Å². The van der Waals surface area contributed by atoms with Gasteiger partial charge in [0.25, 0.3) is 0 Å². The number of benzene rings is 1. The molecule has 0 fully saturated rings. The second kappa shape index (κ2) is 5.47. The van der Waals surface area contributed by atoms with Gasteiger partial charge < -0.3 is 9.84 Å². The Labute approximate surface area is 117 Å². The van der Waals surface area contributed by atoms with E-state index in [0.29, 0.717) is 16.0 Å². The number of nitrogens with zero attached hydrogens (tertiary/aromatic N) is 2. The van der Waals surface area contributed by atoms with Crippen molar-refractivity contribution in [3.8, 4) is 17.0 Å². The zero-order chi connectivity index (χ0) is 15.6. The summed E-state index contributed by atoms with van der Waals surface area (Å²) in [5, 5.41) is 12.6. The molecule has 0 saturated heterocycles. The van der Waals surface area contributed by atoms with Gasteiger partial charge in [-0.05, 0) is 24.3 Å². The van der Waals surface area contributed by atoms with Gasteiger partial charge in [0.15, 0.2) is 0 Å². The maximum atomic E-state index is 12.5. The van der Waals surface area contributed by atoms with Crippen molar-refractivity contribution in [3.05, 3.63) is 36.0 Å². The van der Waals surface area contributed by atoms with Crippen molar-refractivity contribution in [2.24, 2.45) is 0 Å². The Morgan fingerprint density at radius 2 is 1.95 bits per heavy atom. The zero-order valence-corrected chi connectivity index (χ0v) is 10.9. The lowest BCUT2D eigenvalue weighted by atomic mass is 10.1. The minimum absolute atomic E-state index is 0.0949. The van der Waals surface area contributed by atoms with Gasteiger partial charge >= 0.3 is 12.1 Å². The smallest absolute Gasteiger partial charge is 0.408 e. The van der Waals surface area contributed by atoms with Gasteiger partial charge in [-0.15, -0.1) is 0 Å². The number of ether oxygens (including phenoxy) is 1. The fraction of sp³-hybridized carbons (Fsp3) is 0.231. The number of carboxylic acids is 1. The van der Waals surface area contributed by atoms with Crippen LogP contribution in [0.15, 0.2) is 30.5 Å². The molecule has 112 valence electrons. The number of alkyl halides is 3. The molecule has 1 N–H and O–H groups in total. The largest absolute Gasteiger partial charge is 0.497 e. The maximum Gasteiger partial charge on any atom is 0.408 e. The number of aromatic carboxylic acids is 1. The molecule has 1 heterocycles. The van der Waals surface area contributed by atoms with Gasteiger partial charge in [0.1, 0.15) is 17.9 Å². The van der Waals surface area contributed by atoms with Crippen LogP contribution in [0.5, 0.6) is 5.75 Å². The first kappa shape index (κ1) is 14.9. The van der Waals surface area contributed by atoms with E-state index in [0.717, 1.165) is 6.20 Å². The molecular formula is C13H11F3N2O3. The van der Waals surface area contributed by atoms with E-state index in [1.54, 1.807) is 0 Å². The molecule has 8 heteroatoms. The molecular weight excluding hydrogens is 289 g/mol. The number of rotatable bonds is 4. The number of carboxylic acid groups (broad SMARTS) is 1. The lowest BCUT2D eigenvalue weighted by Crippen LogP contribution is -2.19. The van der Waals surface area contributed by atoms with E-state index in [9.17, 15) is 18.0 Å². The van der Waals surface area contributed by atoms with Crippen molar-refractivity contribution in [1.29, 1.82) is 0 Å². The van der Waals surface area contributed by atoms with Gasteiger partial charge in [-0.25, -0.2) is 4.79 Å². The van der Waals surface area contributed by atoms with Crippen LogP contribution in [0.4, 0.5) is 13.2 Å². The first-order chi connectivity index (χ1) is 9.81. The fourth-order valence-corrected chi connectivity index (χ4v) is 1.88. The van der Waals surface area contributed by atoms with Gasteiger partial charge in [0.2, 0.25) is 0 Å². The first-order valence-electron chi connectivity index (χ1n) is 5.82. The summed E-state index contributed by atoms with van der Waals surface area (Å²) in [5.41, 5.74) is -0.0677. The van der Waals surface area contributed by atoms with E-state index in [4.69, 9.17) is 9.84 Å². The van der Waals surface area contributed by atoms with Crippen LogP contribution in [0, 0.1) is 0 Å². The molecule has 0 saturated carbocycles.